The smallest absolute Gasteiger partial charge is 0.335 e. The highest BCUT2D eigenvalue weighted by molar-refractivity contribution is 5.90. The molecule has 12 heteroatoms. The molecule has 2 aromatic carbocycles. The first-order valence-electron chi connectivity index (χ1n) is 18.6. The number of carboxylic acid groups (broad SMARTS) is 2. The number of carboxylic acids is 2. The summed E-state index contributed by atoms with van der Waals surface area (Å²) in [6, 6.07) is 10.1. The van der Waals surface area contributed by atoms with Gasteiger partial charge >= 0.3 is 11.9 Å². The van der Waals surface area contributed by atoms with Crippen molar-refractivity contribution in [3.05, 3.63) is 57.6 Å². The second kappa shape index (κ2) is 13.2. The average molecular weight is 733 g/mol. The minimum atomic E-state index is -2.27. The first-order valence-corrected chi connectivity index (χ1v) is 18.6. The van der Waals surface area contributed by atoms with E-state index in [1.54, 1.807) is 0 Å². The van der Waals surface area contributed by atoms with Crippen LogP contribution in [0.4, 0.5) is 0 Å². The van der Waals surface area contributed by atoms with Crippen LogP contribution in [0.2, 0.25) is 0 Å². The molecule has 4 unspecified atom stereocenters. The molecule has 2 aromatic rings. The fourth-order valence-corrected chi connectivity index (χ4v) is 11.6. The minimum absolute atomic E-state index is 0. The largest absolute Gasteiger partial charge is 0.481 e. The molecule has 286 valence electrons. The Balaban J connectivity index is 0.000000131. The zero-order chi connectivity index (χ0) is 37.0. The third kappa shape index (κ3) is 5.22. The molecule has 0 radical (unpaired) electrons. The normalized spacial score (nSPS) is 34.6. The lowest BCUT2D eigenvalue weighted by Crippen LogP contribution is -2.65. The van der Waals surface area contributed by atoms with Crippen molar-refractivity contribution in [2.24, 2.45) is 11.8 Å². The molecule has 12 nitrogen and oxygen atoms in total. The number of likely N-dealkylation sites (N-methyl/N-ethyl adjacent to an activating group) is 2. The van der Waals surface area contributed by atoms with Gasteiger partial charge in [-0.3, -0.25) is 9.59 Å². The van der Waals surface area contributed by atoms with Gasteiger partial charge in [0.05, 0.1) is 0 Å². The Morgan fingerprint density at radius 1 is 0.717 bits per heavy atom. The van der Waals surface area contributed by atoms with Crippen molar-refractivity contribution in [3.63, 3.8) is 0 Å². The van der Waals surface area contributed by atoms with Crippen LogP contribution in [0.15, 0.2) is 24.3 Å². The standard InChI is InChI=1S/2C18H21NO2.C4H6O6.CH4/c2*1-10-3-4-11-9-13-12-5-6-14(20)17-18(12,7-8-19(13)2)15(11)16(10)21-17;5-1(3(7)8)2(6)4(9)10;/h2*3-4,12-13,17H,5-9H2,1-2H3;1-2,5-6H,(H,7,8)(H,9,10);1H4/t2*12?,13-,17+,18+;;/m11../s1. The molecular formula is C41H52N2O10. The lowest BCUT2D eigenvalue weighted by molar-refractivity contribution is -0.165. The van der Waals surface area contributed by atoms with Crippen LogP contribution >= 0.6 is 0 Å². The van der Waals surface area contributed by atoms with E-state index in [1.807, 2.05) is 0 Å². The van der Waals surface area contributed by atoms with Gasteiger partial charge in [0, 0.05) is 46.9 Å². The second-order valence-corrected chi connectivity index (χ2v) is 16.4. The van der Waals surface area contributed by atoms with Crippen molar-refractivity contribution >= 4 is 23.5 Å². The highest BCUT2D eigenvalue weighted by Gasteiger charge is 2.66. The van der Waals surface area contributed by atoms with Crippen LogP contribution in [0.1, 0.15) is 79.3 Å². The van der Waals surface area contributed by atoms with Crippen LogP contribution < -0.4 is 9.47 Å². The van der Waals surface area contributed by atoms with Gasteiger partial charge in [-0.15, -0.1) is 0 Å². The SMILES string of the molecule is C.Cc1ccc2c3c1O[C@H]1C(=O)CCC4[C@@H](C2)N(C)CC[C@@]341.Cc1ccc2c3c1O[C@H]1C(=O)CCC4[C@@H](C2)N(C)CC[C@@]341.O=C(O)C(O)C(O)C(=O)O. The van der Waals surface area contributed by atoms with E-state index in [0.29, 0.717) is 48.3 Å². The predicted octanol–water partition coefficient (Wildman–Crippen LogP) is 2.98. The number of carbonyl (C=O) groups excluding carboxylic acids is 2. The number of nitrogens with zero attached hydrogens (tertiary/aromatic N) is 2. The quantitative estimate of drug-likeness (QED) is 0.364. The minimum Gasteiger partial charge on any atom is -0.481 e. The average Bonchev–Trinajstić information content (AvgIpc) is 3.67. The van der Waals surface area contributed by atoms with Gasteiger partial charge in [-0.2, -0.15) is 0 Å². The molecule has 53 heavy (non-hydrogen) atoms. The molecule has 8 aliphatic rings. The summed E-state index contributed by atoms with van der Waals surface area (Å²) in [4.78, 5) is 49.7. The third-order valence-electron chi connectivity index (χ3n) is 14.0. The Bertz CT molecular complexity index is 1750. The topological polar surface area (TPSA) is 174 Å². The van der Waals surface area contributed by atoms with Crippen molar-refractivity contribution in [2.75, 3.05) is 27.2 Å². The predicted molar refractivity (Wildman–Crippen MR) is 194 cm³/mol. The van der Waals surface area contributed by atoms with Gasteiger partial charge in [0.2, 0.25) is 0 Å². The number of ketones is 2. The first kappa shape index (κ1) is 37.5. The Morgan fingerprint density at radius 3 is 1.45 bits per heavy atom. The number of aryl methyl sites for hydroxylation is 2. The Hall–Kier alpha value is -3.84. The number of benzene rings is 2. The molecule has 2 spiro atoms. The second-order valence-electron chi connectivity index (χ2n) is 16.4. The van der Waals surface area contributed by atoms with Crippen LogP contribution in [0.3, 0.4) is 0 Å². The molecule has 0 aromatic heterocycles. The number of Topliss-reactive ketones (excluding diaryl/α,β-unsaturated/α-hetero) is 2. The Kier molecular flexibility index (Phi) is 9.32. The summed E-state index contributed by atoms with van der Waals surface area (Å²) < 4.78 is 12.6. The zero-order valence-corrected chi connectivity index (χ0v) is 30.1. The summed E-state index contributed by atoms with van der Waals surface area (Å²) in [5.41, 5.74) is 8.05. The molecule has 4 bridgehead atoms. The van der Waals surface area contributed by atoms with E-state index in [1.165, 1.54) is 33.4 Å². The number of hydrogen-bond acceptors (Lipinski definition) is 10. The fourth-order valence-electron chi connectivity index (χ4n) is 11.6. The van der Waals surface area contributed by atoms with Crippen molar-refractivity contribution in [1.82, 2.24) is 9.80 Å². The van der Waals surface area contributed by atoms with Crippen LogP contribution in [0.5, 0.6) is 11.5 Å². The van der Waals surface area contributed by atoms with Crippen molar-refractivity contribution < 1.29 is 49.1 Å². The van der Waals surface area contributed by atoms with Gasteiger partial charge in [0.25, 0.3) is 0 Å². The molecule has 2 saturated carbocycles. The number of hydrogen-bond donors (Lipinski definition) is 4. The van der Waals surface area contributed by atoms with Crippen LogP contribution in [-0.4, -0.2) is 117 Å². The number of aliphatic carboxylic acids is 2. The lowest BCUT2D eigenvalue weighted by Gasteiger charge is -2.57. The number of aliphatic hydroxyl groups excluding tert-OH is 2. The highest BCUT2D eigenvalue weighted by atomic mass is 16.5. The maximum Gasteiger partial charge on any atom is 0.335 e. The maximum absolute atomic E-state index is 12.6. The number of piperidine rings is 2. The van der Waals surface area contributed by atoms with Gasteiger partial charge in [-0.25, -0.2) is 9.59 Å². The molecule has 0 amide bonds. The van der Waals surface area contributed by atoms with Crippen LogP contribution in [0.25, 0.3) is 0 Å². The van der Waals surface area contributed by atoms with E-state index < -0.39 is 24.1 Å². The number of rotatable bonds is 3. The van der Waals surface area contributed by atoms with Gasteiger partial charge in [0.15, 0.2) is 36.0 Å². The molecule has 4 N–H and O–H groups in total. The number of aliphatic hydroxyl groups is 2. The monoisotopic (exact) mass is 732 g/mol. The summed E-state index contributed by atoms with van der Waals surface area (Å²) in [6.07, 6.45) is 2.93. The van der Waals surface area contributed by atoms with Crippen molar-refractivity contribution in [1.29, 1.82) is 0 Å². The number of likely N-dealkylation sites (tertiary alicyclic amines) is 2. The van der Waals surface area contributed by atoms with Crippen molar-refractivity contribution in [2.45, 2.75) is 120 Å². The molecule has 4 fully saturated rings. The van der Waals surface area contributed by atoms with E-state index in [2.05, 4.69) is 62.0 Å². The highest BCUT2D eigenvalue weighted by Crippen LogP contribution is 2.63. The molecule has 4 aliphatic carbocycles. The zero-order valence-electron chi connectivity index (χ0n) is 30.1. The summed E-state index contributed by atoms with van der Waals surface area (Å²) in [6.45, 7) is 6.40. The van der Waals surface area contributed by atoms with E-state index in [-0.39, 0.29) is 30.5 Å². The molecule has 10 atom stereocenters. The lowest BCUT2D eigenvalue weighted by atomic mass is 9.51. The van der Waals surface area contributed by atoms with Gasteiger partial charge in [0.1, 0.15) is 11.5 Å². The molecule has 4 aliphatic heterocycles. The van der Waals surface area contributed by atoms with Gasteiger partial charge in [-0.05, 0) is 114 Å². The Labute approximate surface area is 310 Å². The summed E-state index contributed by atoms with van der Waals surface area (Å²) in [5.74, 6) is 0.395. The van der Waals surface area contributed by atoms with Crippen LogP contribution in [-0.2, 0) is 42.8 Å². The number of carbonyl (C=O) groups is 4. The molecule has 2 saturated heterocycles. The Morgan fingerprint density at radius 2 is 1.09 bits per heavy atom. The van der Waals surface area contributed by atoms with E-state index in [9.17, 15) is 19.2 Å². The maximum atomic E-state index is 12.6. The molecule has 10 rings (SSSR count). The third-order valence-corrected chi connectivity index (χ3v) is 14.0. The fraction of sp³-hybridized carbons (Fsp3) is 0.610. The summed E-state index contributed by atoms with van der Waals surface area (Å²) in [7, 11) is 4.50. The van der Waals surface area contributed by atoms with E-state index in [4.69, 9.17) is 29.9 Å². The summed E-state index contributed by atoms with van der Waals surface area (Å²) >= 11 is 0. The van der Waals surface area contributed by atoms with E-state index in [0.717, 1.165) is 63.1 Å². The number of ether oxygens (including phenoxy) is 2. The summed E-state index contributed by atoms with van der Waals surface area (Å²) in [5, 5.41) is 32.5. The van der Waals surface area contributed by atoms with Crippen LogP contribution in [0, 0.1) is 25.7 Å². The van der Waals surface area contributed by atoms with Crippen molar-refractivity contribution in [3.8, 4) is 11.5 Å². The van der Waals surface area contributed by atoms with Gasteiger partial charge < -0.3 is 39.7 Å². The molecular weight excluding hydrogens is 680 g/mol. The van der Waals surface area contributed by atoms with Gasteiger partial charge in [-0.1, -0.05) is 31.7 Å². The van der Waals surface area contributed by atoms with E-state index >= 15 is 0 Å². The first-order chi connectivity index (χ1) is 24.7. The molecule has 4 heterocycles.